The number of nitrogens with one attached hydrogen (secondary N) is 2. The Morgan fingerprint density at radius 2 is 1.54 bits per heavy atom. The van der Waals surface area contributed by atoms with E-state index in [2.05, 4.69) is 32.3 Å². The van der Waals surface area contributed by atoms with Crippen LogP contribution in [-0.2, 0) is 0 Å². The highest BCUT2D eigenvalue weighted by atomic mass is 15.2. The van der Waals surface area contributed by atoms with E-state index < -0.39 is 0 Å². The zero-order chi connectivity index (χ0) is 17.0. The van der Waals surface area contributed by atoms with Gasteiger partial charge in [0.15, 0.2) is 5.96 Å². The number of hydrogen-bond acceptors (Lipinski definition) is 3. The smallest absolute Gasteiger partial charge is 0.190 e. The molecule has 2 saturated heterocycles. The minimum absolute atomic E-state index is 0.666. The van der Waals surface area contributed by atoms with Crippen molar-refractivity contribution < 1.29 is 0 Å². The van der Waals surface area contributed by atoms with Crippen LogP contribution in [0.1, 0.15) is 51.9 Å². The van der Waals surface area contributed by atoms with Crippen LogP contribution in [0.2, 0.25) is 0 Å². The van der Waals surface area contributed by atoms with Gasteiger partial charge in [-0.05, 0) is 70.7 Å². The first-order chi connectivity index (χ1) is 11.8. The van der Waals surface area contributed by atoms with Gasteiger partial charge >= 0.3 is 0 Å². The third-order valence-corrected chi connectivity index (χ3v) is 5.25. The van der Waals surface area contributed by atoms with Crippen molar-refractivity contribution in [3.05, 3.63) is 0 Å². The summed E-state index contributed by atoms with van der Waals surface area (Å²) in [7, 11) is 1.87. The summed E-state index contributed by atoms with van der Waals surface area (Å²) in [4.78, 5) is 9.57. The highest BCUT2D eigenvalue weighted by molar-refractivity contribution is 5.79. The average Bonchev–Trinajstić information content (AvgIpc) is 2.95. The number of guanidine groups is 1. The topological polar surface area (TPSA) is 42.9 Å². The summed E-state index contributed by atoms with van der Waals surface area (Å²) in [6.07, 6.45) is 9.55. The molecule has 2 heterocycles. The van der Waals surface area contributed by atoms with Crippen LogP contribution in [0.15, 0.2) is 4.99 Å². The molecule has 1 atom stereocenters. The first-order valence-electron chi connectivity index (χ1n) is 10.2. The summed E-state index contributed by atoms with van der Waals surface area (Å²) in [5.74, 6) is 1.62. The molecule has 5 nitrogen and oxygen atoms in total. The van der Waals surface area contributed by atoms with Gasteiger partial charge in [0, 0.05) is 26.7 Å². The summed E-state index contributed by atoms with van der Waals surface area (Å²) in [6.45, 7) is 11.9. The lowest BCUT2D eigenvalue weighted by atomic mass is 10.1. The first kappa shape index (κ1) is 19.5. The lowest BCUT2D eigenvalue weighted by Gasteiger charge is -2.22. The molecular formula is C19H39N5. The standard InChI is InChI=1S/C19H39N5/c1-18(17-24-13-7-8-14-24)16-22-19(20-2)21-10-9-15-23-11-5-3-4-6-12-23/h18H,3-17H2,1-2H3,(H2,20,21,22). The number of likely N-dealkylation sites (tertiary alicyclic amines) is 2. The number of hydrogen-bond donors (Lipinski definition) is 2. The van der Waals surface area contributed by atoms with Crippen LogP contribution >= 0.6 is 0 Å². The van der Waals surface area contributed by atoms with Gasteiger partial charge in [0.2, 0.25) is 0 Å². The molecule has 2 aliphatic rings. The number of rotatable bonds is 8. The lowest BCUT2D eigenvalue weighted by Crippen LogP contribution is -2.42. The maximum Gasteiger partial charge on any atom is 0.190 e. The van der Waals surface area contributed by atoms with E-state index >= 15 is 0 Å². The summed E-state index contributed by atoms with van der Waals surface area (Å²) in [5, 5.41) is 6.96. The number of aliphatic imine (C=N–C) groups is 1. The Balaban J connectivity index is 1.53. The summed E-state index contributed by atoms with van der Waals surface area (Å²) in [6, 6.07) is 0. The van der Waals surface area contributed by atoms with Crippen molar-refractivity contribution in [3.8, 4) is 0 Å². The van der Waals surface area contributed by atoms with Crippen molar-refractivity contribution in [1.82, 2.24) is 20.4 Å². The van der Waals surface area contributed by atoms with E-state index in [-0.39, 0.29) is 0 Å². The van der Waals surface area contributed by atoms with E-state index in [0.717, 1.165) is 19.0 Å². The molecule has 0 aromatic carbocycles. The summed E-state index contributed by atoms with van der Waals surface area (Å²) >= 11 is 0. The molecule has 2 fully saturated rings. The molecule has 0 aliphatic carbocycles. The van der Waals surface area contributed by atoms with Crippen LogP contribution in [0.4, 0.5) is 0 Å². The molecule has 1 unspecified atom stereocenters. The van der Waals surface area contributed by atoms with Crippen LogP contribution in [0, 0.1) is 5.92 Å². The van der Waals surface area contributed by atoms with Crippen molar-refractivity contribution in [2.24, 2.45) is 10.9 Å². The monoisotopic (exact) mass is 337 g/mol. The lowest BCUT2D eigenvalue weighted by molar-refractivity contribution is 0.281. The van der Waals surface area contributed by atoms with Gasteiger partial charge < -0.3 is 20.4 Å². The predicted octanol–water partition coefficient (Wildman–Crippen LogP) is 2.15. The Kier molecular flexibility index (Phi) is 9.51. The van der Waals surface area contributed by atoms with Gasteiger partial charge in [-0.15, -0.1) is 0 Å². The van der Waals surface area contributed by atoms with E-state index in [1.54, 1.807) is 0 Å². The molecule has 2 N–H and O–H groups in total. The molecule has 0 saturated carbocycles. The van der Waals surface area contributed by atoms with Gasteiger partial charge in [0.25, 0.3) is 0 Å². The normalized spacial score (nSPS) is 22.3. The Bertz CT molecular complexity index is 344. The molecule has 140 valence electrons. The van der Waals surface area contributed by atoms with Crippen LogP contribution in [-0.4, -0.2) is 75.2 Å². The Morgan fingerprint density at radius 1 is 0.917 bits per heavy atom. The van der Waals surface area contributed by atoms with E-state index in [1.807, 2.05) is 7.05 Å². The predicted molar refractivity (Wildman–Crippen MR) is 104 cm³/mol. The third kappa shape index (κ3) is 7.84. The van der Waals surface area contributed by atoms with Crippen LogP contribution in [0.25, 0.3) is 0 Å². The number of nitrogens with zero attached hydrogens (tertiary/aromatic N) is 3. The second kappa shape index (κ2) is 11.7. The average molecular weight is 338 g/mol. The summed E-state index contributed by atoms with van der Waals surface area (Å²) < 4.78 is 0. The summed E-state index contributed by atoms with van der Waals surface area (Å²) in [5.41, 5.74) is 0. The van der Waals surface area contributed by atoms with Crippen LogP contribution in [0.3, 0.4) is 0 Å². The molecule has 2 aliphatic heterocycles. The first-order valence-corrected chi connectivity index (χ1v) is 10.2. The largest absolute Gasteiger partial charge is 0.356 e. The van der Waals surface area contributed by atoms with Gasteiger partial charge in [-0.2, -0.15) is 0 Å². The zero-order valence-corrected chi connectivity index (χ0v) is 16.0. The van der Waals surface area contributed by atoms with E-state index in [1.165, 1.54) is 84.2 Å². The third-order valence-electron chi connectivity index (χ3n) is 5.25. The van der Waals surface area contributed by atoms with Crippen molar-refractivity contribution in [3.63, 3.8) is 0 Å². The molecule has 0 bridgehead atoms. The Morgan fingerprint density at radius 3 is 2.21 bits per heavy atom. The quantitative estimate of drug-likeness (QED) is 0.405. The van der Waals surface area contributed by atoms with Gasteiger partial charge in [0.05, 0.1) is 0 Å². The molecule has 0 spiro atoms. The van der Waals surface area contributed by atoms with E-state index in [9.17, 15) is 0 Å². The molecule has 5 heteroatoms. The fourth-order valence-electron chi connectivity index (χ4n) is 3.83. The minimum atomic E-state index is 0.666. The molecule has 0 aromatic heterocycles. The van der Waals surface area contributed by atoms with Gasteiger partial charge in [-0.1, -0.05) is 19.8 Å². The molecular weight excluding hydrogens is 298 g/mol. The molecule has 0 radical (unpaired) electrons. The Hall–Kier alpha value is -0.810. The fraction of sp³-hybridized carbons (Fsp3) is 0.947. The molecule has 0 aromatic rings. The second-order valence-electron chi connectivity index (χ2n) is 7.60. The Labute approximate surface area is 149 Å². The fourth-order valence-corrected chi connectivity index (χ4v) is 3.83. The van der Waals surface area contributed by atoms with E-state index in [4.69, 9.17) is 0 Å². The molecule has 2 rings (SSSR count). The highest BCUT2D eigenvalue weighted by Gasteiger charge is 2.14. The van der Waals surface area contributed by atoms with E-state index in [0.29, 0.717) is 5.92 Å². The SMILES string of the molecule is CN=C(NCCCN1CCCCCC1)NCC(C)CN1CCCC1. The highest BCUT2D eigenvalue weighted by Crippen LogP contribution is 2.10. The maximum absolute atomic E-state index is 4.36. The van der Waals surface area contributed by atoms with Gasteiger partial charge in [-0.3, -0.25) is 4.99 Å². The van der Waals surface area contributed by atoms with Crippen LogP contribution < -0.4 is 10.6 Å². The minimum Gasteiger partial charge on any atom is -0.356 e. The van der Waals surface area contributed by atoms with Gasteiger partial charge in [0.1, 0.15) is 0 Å². The van der Waals surface area contributed by atoms with Crippen LogP contribution in [0.5, 0.6) is 0 Å². The molecule has 0 amide bonds. The second-order valence-corrected chi connectivity index (χ2v) is 7.60. The van der Waals surface area contributed by atoms with Crippen molar-refractivity contribution in [1.29, 1.82) is 0 Å². The van der Waals surface area contributed by atoms with Crippen molar-refractivity contribution in [2.45, 2.75) is 51.9 Å². The molecule has 24 heavy (non-hydrogen) atoms. The van der Waals surface area contributed by atoms with Crippen molar-refractivity contribution in [2.75, 3.05) is 59.4 Å². The van der Waals surface area contributed by atoms with Crippen molar-refractivity contribution >= 4 is 5.96 Å². The maximum atomic E-state index is 4.36. The van der Waals surface area contributed by atoms with Gasteiger partial charge in [-0.25, -0.2) is 0 Å². The zero-order valence-electron chi connectivity index (χ0n) is 16.0.